The lowest BCUT2D eigenvalue weighted by molar-refractivity contribution is -0.193. The highest BCUT2D eigenvalue weighted by Gasteiger charge is 2.44. The summed E-state index contributed by atoms with van der Waals surface area (Å²) in [6, 6.07) is 10.5. The Labute approximate surface area is 248 Å². The summed E-state index contributed by atoms with van der Waals surface area (Å²) in [5.74, 6) is -8.27. The van der Waals surface area contributed by atoms with Gasteiger partial charge in [-0.3, -0.25) is 14.9 Å². The number of hydrogen-bond donors (Lipinski definition) is 3. The molecule has 11 nitrogen and oxygen atoms in total. The van der Waals surface area contributed by atoms with E-state index in [1.165, 1.54) is 12.0 Å². The summed E-state index contributed by atoms with van der Waals surface area (Å²) in [5.41, 5.74) is 2.21. The van der Waals surface area contributed by atoms with Gasteiger partial charge in [-0.05, 0) is 36.6 Å². The van der Waals surface area contributed by atoms with E-state index in [1.807, 2.05) is 42.9 Å². The van der Waals surface area contributed by atoms with Crippen molar-refractivity contribution >= 4 is 17.9 Å². The molecule has 0 saturated carbocycles. The maximum absolute atomic E-state index is 10.6. The molecule has 2 aromatic rings. The molecule has 252 valence electrons. The maximum Gasteiger partial charge on any atom is 0.490 e. The molecule has 20 heteroatoms. The van der Waals surface area contributed by atoms with E-state index in [4.69, 9.17) is 39.2 Å². The van der Waals surface area contributed by atoms with Crippen LogP contribution in [0.15, 0.2) is 48.9 Å². The molecule has 0 aromatic carbocycles. The number of fused-ring (bicyclic) bond motifs is 1. The Balaban J connectivity index is 0.000000396. The van der Waals surface area contributed by atoms with Crippen LogP contribution in [-0.2, 0) is 37.0 Å². The van der Waals surface area contributed by atoms with Gasteiger partial charge in [0.1, 0.15) is 6.10 Å². The number of carboxylic acid groups (broad SMARTS) is 3. The molecule has 0 radical (unpaired) electrons. The number of carbonyl (C=O) groups is 3. The maximum atomic E-state index is 10.6. The molecule has 2 aliphatic rings. The Bertz CT molecular complexity index is 1140. The van der Waals surface area contributed by atoms with Crippen LogP contribution in [0, 0.1) is 0 Å². The average Bonchev–Trinajstić information content (AvgIpc) is 3.29. The molecular formula is C25H26F9N3O8. The first-order valence-corrected chi connectivity index (χ1v) is 12.4. The van der Waals surface area contributed by atoms with Gasteiger partial charge in [0, 0.05) is 44.3 Å². The first-order valence-electron chi connectivity index (χ1n) is 12.4. The van der Waals surface area contributed by atoms with Crippen molar-refractivity contribution in [2.24, 2.45) is 0 Å². The first-order chi connectivity index (χ1) is 20.7. The second kappa shape index (κ2) is 17.4. The predicted octanol–water partition coefficient (Wildman–Crippen LogP) is 4.33. The molecule has 2 saturated heterocycles. The third-order valence-corrected chi connectivity index (χ3v) is 5.59. The summed E-state index contributed by atoms with van der Waals surface area (Å²) in [5, 5.41) is 21.4. The van der Waals surface area contributed by atoms with Crippen LogP contribution in [0.1, 0.15) is 24.1 Å². The van der Waals surface area contributed by atoms with Crippen LogP contribution in [0.2, 0.25) is 0 Å². The smallest absolute Gasteiger partial charge is 0.475 e. The van der Waals surface area contributed by atoms with E-state index < -0.39 is 36.4 Å². The summed E-state index contributed by atoms with van der Waals surface area (Å²) in [4.78, 5) is 37.7. The molecule has 2 aromatic heterocycles. The number of alkyl halides is 9. The zero-order chi connectivity index (χ0) is 34.4. The Hall–Kier alpha value is -4.04. The normalized spacial score (nSPS) is 19.7. The minimum absolute atomic E-state index is 0.106. The number of nitrogens with zero attached hydrogens (tertiary/aromatic N) is 3. The van der Waals surface area contributed by atoms with Gasteiger partial charge in [0.25, 0.3) is 0 Å². The fraction of sp³-hybridized carbons (Fsp3) is 0.480. The van der Waals surface area contributed by atoms with Gasteiger partial charge in [-0.15, -0.1) is 0 Å². The molecule has 4 heterocycles. The van der Waals surface area contributed by atoms with Gasteiger partial charge < -0.3 is 24.8 Å². The van der Waals surface area contributed by atoms with E-state index in [9.17, 15) is 39.5 Å². The number of aliphatic carboxylic acids is 3. The van der Waals surface area contributed by atoms with Crippen molar-refractivity contribution in [1.82, 2.24) is 14.9 Å². The SMILES string of the molecule is O=C(O)C(F)(F)F.O=C(O)C(F)(F)F.O=C(O)C(F)(F)F.c1ccc(CO[C@@H]2CN(Cc3cccnc3)[C@H]3CCCO[C@@H]23)nc1. The van der Waals surface area contributed by atoms with Crippen molar-refractivity contribution in [3.05, 3.63) is 60.2 Å². The van der Waals surface area contributed by atoms with Crippen molar-refractivity contribution in [1.29, 1.82) is 0 Å². The lowest BCUT2D eigenvalue weighted by Crippen LogP contribution is -2.41. The Morgan fingerprint density at radius 3 is 1.87 bits per heavy atom. The van der Waals surface area contributed by atoms with E-state index in [1.54, 1.807) is 0 Å². The molecule has 4 rings (SSSR count). The van der Waals surface area contributed by atoms with Crippen LogP contribution in [0.25, 0.3) is 0 Å². The van der Waals surface area contributed by atoms with Gasteiger partial charge >= 0.3 is 36.4 Å². The number of halogens is 9. The van der Waals surface area contributed by atoms with E-state index in [0.29, 0.717) is 12.6 Å². The van der Waals surface area contributed by atoms with Crippen LogP contribution in [-0.4, -0.2) is 98.0 Å². The number of likely N-dealkylation sites (tertiary alicyclic amines) is 1. The first kappa shape index (κ1) is 39.0. The highest BCUT2D eigenvalue weighted by atomic mass is 19.4. The van der Waals surface area contributed by atoms with Crippen LogP contribution >= 0.6 is 0 Å². The van der Waals surface area contributed by atoms with Gasteiger partial charge in [0.05, 0.1) is 18.4 Å². The summed E-state index contributed by atoms with van der Waals surface area (Å²) >= 11 is 0. The van der Waals surface area contributed by atoms with Crippen molar-refractivity contribution in [2.75, 3.05) is 13.2 Å². The van der Waals surface area contributed by atoms with Crippen LogP contribution < -0.4 is 0 Å². The predicted molar refractivity (Wildman–Crippen MR) is 131 cm³/mol. The minimum Gasteiger partial charge on any atom is -0.475 e. The largest absolute Gasteiger partial charge is 0.490 e. The summed E-state index contributed by atoms with van der Waals surface area (Å²) in [7, 11) is 0. The van der Waals surface area contributed by atoms with Gasteiger partial charge in [0.15, 0.2) is 0 Å². The second-order valence-corrected chi connectivity index (χ2v) is 8.91. The number of aromatic nitrogens is 2. The molecule has 3 atom stereocenters. The van der Waals surface area contributed by atoms with Gasteiger partial charge in [-0.25, -0.2) is 14.4 Å². The summed E-state index contributed by atoms with van der Waals surface area (Å²) in [6.07, 6.45) is -7.11. The van der Waals surface area contributed by atoms with Crippen molar-refractivity contribution < 1.29 is 78.7 Å². The van der Waals surface area contributed by atoms with E-state index >= 15 is 0 Å². The number of carboxylic acids is 3. The number of hydrogen-bond acceptors (Lipinski definition) is 8. The standard InChI is InChI=1S/C19H23N3O2.3C2HF3O2/c1-2-9-21-16(6-1)14-24-18-13-22(12-15-5-3-8-20-11-15)17-7-4-10-23-19(17)18;3*3-2(4,5)1(6)7/h1-3,5-6,8-9,11,17-19H,4,7,10,12-14H2;3*(H,6,7)/t17-,18+,19+;;;/m0.../s1. The fourth-order valence-corrected chi connectivity index (χ4v) is 3.73. The van der Waals surface area contributed by atoms with Gasteiger partial charge in [-0.2, -0.15) is 39.5 Å². The highest BCUT2D eigenvalue weighted by Crippen LogP contribution is 2.32. The third kappa shape index (κ3) is 15.0. The van der Waals surface area contributed by atoms with Gasteiger partial charge in [-0.1, -0.05) is 12.1 Å². The number of pyridine rings is 2. The Kier molecular flexibility index (Phi) is 15.1. The molecule has 0 unspecified atom stereocenters. The molecule has 0 bridgehead atoms. The zero-order valence-electron chi connectivity index (χ0n) is 22.7. The molecule has 0 amide bonds. The Morgan fingerprint density at radius 1 is 0.867 bits per heavy atom. The zero-order valence-corrected chi connectivity index (χ0v) is 22.7. The topological polar surface area (TPSA) is 159 Å². The molecule has 45 heavy (non-hydrogen) atoms. The van der Waals surface area contributed by atoms with Crippen LogP contribution in [0.3, 0.4) is 0 Å². The molecule has 0 spiro atoms. The minimum atomic E-state index is -5.08. The second-order valence-electron chi connectivity index (χ2n) is 8.91. The molecular weight excluding hydrogens is 641 g/mol. The average molecular weight is 667 g/mol. The fourth-order valence-electron chi connectivity index (χ4n) is 3.73. The van der Waals surface area contributed by atoms with Gasteiger partial charge in [0.2, 0.25) is 0 Å². The lowest BCUT2D eigenvalue weighted by atomic mass is 10.0. The van der Waals surface area contributed by atoms with Crippen molar-refractivity contribution in [3.8, 4) is 0 Å². The summed E-state index contributed by atoms with van der Waals surface area (Å²) < 4.78 is 107. The number of rotatable bonds is 5. The van der Waals surface area contributed by atoms with E-state index in [0.717, 1.165) is 31.8 Å². The third-order valence-electron chi connectivity index (χ3n) is 5.59. The van der Waals surface area contributed by atoms with E-state index in [2.05, 4.69) is 20.9 Å². The van der Waals surface area contributed by atoms with Crippen LogP contribution in [0.5, 0.6) is 0 Å². The quantitative estimate of drug-likeness (QED) is 0.390. The summed E-state index contributed by atoms with van der Waals surface area (Å²) in [6.45, 7) is 3.18. The molecule has 2 aliphatic heterocycles. The molecule has 3 N–H and O–H groups in total. The lowest BCUT2D eigenvalue weighted by Gasteiger charge is -2.32. The van der Waals surface area contributed by atoms with Crippen molar-refractivity contribution in [3.63, 3.8) is 0 Å². The van der Waals surface area contributed by atoms with Crippen molar-refractivity contribution in [2.45, 2.75) is 62.8 Å². The van der Waals surface area contributed by atoms with E-state index in [-0.39, 0.29) is 12.2 Å². The molecule has 2 fully saturated rings. The van der Waals surface area contributed by atoms with Crippen LogP contribution in [0.4, 0.5) is 39.5 Å². The molecule has 0 aliphatic carbocycles. The monoisotopic (exact) mass is 667 g/mol. The number of ether oxygens (including phenoxy) is 2. The highest BCUT2D eigenvalue weighted by molar-refractivity contribution is 5.73. The Morgan fingerprint density at radius 2 is 1.42 bits per heavy atom.